The summed E-state index contributed by atoms with van der Waals surface area (Å²) in [6.45, 7) is 9.53. The van der Waals surface area contributed by atoms with Gasteiger partial charge in [-0.15, -0.1) is 0 Å². The molecule has 2 rings (SSSR count). The van der Waals surface area contributed by atoms with Crippen LogP contribution in [0.3, 0.4) is 0 Å². The Bertz CT molecular complexity index is 763. The van der Waals surface area contributed by atoms with Gasteiger partial charge in [-0.05, 0) is 56.5 Å². The second kappa shape index (κ2) is 8.47. The van der Waals surface area contributed by atoms with Crippen LogP contribution in [0.1, 0.15) is 39.5 Å². The lowest BCUT2D eigenvalue weighted by Crippen LogP contribution is -2.23. The summed E-state index contributed by atoms with van der Waals surface area (Å²) >= 11 is 0. The van der Waals surface area contributed by atoms with Gasteiger partial charge in [0.2, 0.25) is 0 Å². The molecular weight excluding hydrogens is 310 g/mol. The minimum absolute atomic E-state index is 0.0534. The third kappa shape index (κ3) is 4.92. The van der Waals surface area contributed by atoms with E-state index in [9.17, 15) is 4.79 Å². The first kappa shape index (κ1) is 18.7. The molecule has 0 spiro atoms. The highest BCUT2D eigenvalue weighted by molar-refractivity contribution is 5.96. The van der Waals surface area contributed by atoms with Crippen molar-refractivity contribution in [3.8, 4) is 0 Å². The Balaban J connectivity index is 2.10. The fourth-order valence-electron chi connectivity index (χ4n) is 2.42. The van der Waals surface area contributed by atoms with E-state index < -0.39 is 0 Å². The van der Waals surface area contributed by atoms with Gasteiger partial charge in [0, 0.05) is 25.7 Å². The fraction of sp³-hybridized carbons (Fsp3) is 0.333. The van der Waals surface area contributed by atoms with Crippen LogP contribution < -0.4 is 5.32 Å². The van der Waals surface area contributed by atoms with Crippen molar-refractivity contribution in [1.82, 2.24) is 10.2 Å². The summed E-state index contributed by atoms with van der Waals surface area (Å²) in [7, 11) is 1.98. The van der Waals surface area contributed by atoms with E-state index in [1.807, 2.05) is 56.4 Å². The van der Waals surface area contributed by atoms with Gasteiger partial charge in [-0.25, -0.2) is 4.99 Å². The molecule has 0 aliphatic carbocycles. The molecule has 0 heterocycles. The molecule has 0 aromatic heterocycles. The van der Waals surface area contributed by atoms with Crippen molar-refractivity contribution in [2.75, 3.05) is 13.6 Å². The normalized spacial score (nSPS) is 10.9. The van der Waals surface area contributed by atoms with Crippen LogP contribution in [0, 0.1) is 20.8 Å². The highest BCUT2D eigenvalue weighted by Gasteiger charge is 2.12. The fourth-order valence-corrected chi connectivity index (χ4v) is 2.42. The topological polar surface area (TPSA) is 44.7 Å². The molecule has 0 saturated heterocycles. The van der Waals surface area contributed by atoms with E-state index in [-0.39, 0.29) is 5.91 Å². The van der Waals surface area contributed by atoms with Gasteiger partial charge >= 0.3 is 0 Å². The summed E-state index contributed by atoms with van der Waals surface area (Å²) in [4.78, 5) is 19.0. The minimum atomic E-state index is -0.0534. The molecule has 0 fully saturated rings. The second-order valence-corrected chi connectivity index (χ2v) is 6.37. The lowest BCUT2D eigenvalue weighted by Gasteiger charge is -2.13. The van der Waals surface area contributed by atoms with Crippen LogP contribution in [0.4, 0.5) is 5.69 Å². The van der Waals surface area contributed by atoms with E-state index in [1.165, 1.54) is 5.56 Å². The number of nitrogens with one attached hydrogen (secondary N) is 1. The minimum Gasteiger partial charge on any atom is -0.366 e. The van der Waals surface area contributed by atoms with E-state index in [1.54, 1.807) is 0 Å². The van der Waals surface area contributed by atoms with Crippen molar-refractivity contribution < 1.29 is 4.79 Å². The van der Waals surface area contributed by atoms with Gasteiger partial charge in [0.1, 0.15) is 0 Å². The average Bonchev–Trinajstić information content (AvgIpc) is 2.62. The van der Waals surface area contributed by atoms with Gasteiger partial charge in [0.05, 0.1) is 12.0 Å². The first-order valence-electron chi connectivity index (χ1n) is 8.60. The van der Waals surface area contributed by atoms with E-state index in [0.717, 1.165) is 28.9 Å². The molecule has 1 amide bonds. The van der Waals surface area contributed by atoms with E-state index in [4.69, 9.17) is 0 Å². The Hall–Kier alpha value is -2.62. The molecule has 0 aliphatic rings. The zero-order valence-electron chi connectivity index (χ0n) is 15.8. The third-order valence-corrected chi connectivity index (χ3v) is 4.47. The van der Waals surface area contributed by atoms with Gasteiger partial charge in [-0.1, -0.05) is 29.8 Å². The van der Waals surface area contributed by atoms with Crippen molar-refractivity contribution in [2.45, 2.75) is 34.2 Å². The third-order valence-electron chi connectivity index (χ3n) is 4.47. The monoisotopic (exact) mass is 337 g/mol. The van der Waals surface area contributed by atoms with Crippen LogP contribution in [0.15, 0.2) is 41.4 Å². The summed E-state index contributed by atoms with van der Waals surface area (Å²) in [6, 6.07) is 11.9. The van der Waals surface area contributed by atoms with Gasteiger partial charge in [-0.2, -0.15) is 0 Å². The summed E-state index contributed by atoms with van der Waals surface area (Å²) in [5, 5.41) is 3.00. The molecular formula is C21H27N3O. The van der Waals surface area contributed by atoms with Crippen LogP contribution in [0.5, 0.6) is 0 Å². The summed E-state index contributed by atoms with van der Waals surface area (Å²) < 4.78 is 0. The number of aliphatic imine (C=N–C) groups is 1. The van der Waals surface area contributed by atoms with Crippen LogP contribution in [-0.4, -0.2) is 30.7 Å². The SMILES string of the molecule is CCN(C)/C=N/c1ccc(C(=O)NCc2ccc(C)cc2)c(C)c1C. The van der Waals surface area contributed by atoms with Crippen molar-refractivity contribution in [3.63, 3.8) is 0 Å². The number of rotatable bonds is 6. The van der Waals surface area contributed by atoms with Gasteiger partial charge in [0.25, 0.3) is 5.91 Å². The number of aryl methyl sites for hydroxylation is 1. The summed E-state index contributed by atoms with van der Waals surface area (Å²) in [5.74, 6) is -0.0534. The number of carbonyl (C=O) groups is 1. The molecule has 0 saturated carbocycles. The number of nitrogens with zero attached hydrogens (tertiary/aromatic N) is 2. The zero-order chi connectivity index (χ0) is 18.4. The average molecular weight is 337 g/mol. The van der Waals surface area contributed by atoms with Crippen molar-refractivity contribution in [2.24, 2.45) is 4.99 Å². The Morgan fingerprint density at radius 3 is 2.40 bits per heavy atom. The number of amides is 1. The molecule has 0 bridgehead atoms. The molecule has 0 atom stereocenters. The molecule has 2 aromatic carbocycles. The van der Waals surface area contributed by atoms with Crippen LogP contribution >= 0.6 is 0 Å². The Morgan fingerprint density at radius 1 is 1.08 bits per heavy atom. The number of hydrogen-bond donors (Lipinski definition) is 1. The first-order chi connectivity index (χ1) is 11.9. The van der Waals surface area contributed by atoms with Gasteiger partial charge in [0.15, 0.2) is 0 Å². The summed E-state index contributed by atoms with van der Waals surface area (Å²) in [6.07, 6.45) is 1.82. The quantitative estimate of drug-likeness (QED) is 0.635. The molecule has 132 valence electrons. The van der Waals surface area contributed by atoms with E-state index in [0.29, 0.717) is 12.1 Å². The lowest BCUT2D eigenvalue weighted by atomic mass is 10.0. The first-order valence-corrected chi connectivity index (χ1v) is 8.60. The predicted molar refractivity (Wildman–Crippen MR) is 105 cm³/mol. The molecule has 0 radical (unpaired) electrons. The second-order valence-electron chi connectivity index (χ2n) is 6.37. The van der Waals surface area contributed by atoms with E-state index >= 15 is 0 Å². The van der Waals surface area contributed by atoms with E-state index in [2.05, 4.69) is 36.3 Å². The van der Waals surface area contributed by atoms with Crippen LogP contribution in [0.25, 0.3) is 0 Å². The largest absolute Gasteiger partial charge is 0.366 e. The number of carbonyl (C=O) groups excluding carboxylic acids is 1. The van der Waals surface area contributed by atoms with Gasteiger partial charge < -0.3 is 10.2 Å². The summed E-state index contributed by atoms with van der Waals surface area (Å²) in [5.41, 5.74) is 5.91. The molecule has 0 unspecified atom stereocenters. The Labute approximate surface area is 150 Å². The Morgan fingerprint density at radius 2 is 1.76 bits per heavy atom. The molecule has 25 heavy (non-hydrogen) atoms. The standard InChI is InChI=1S/C21H27N3O/c1-6-24(5)14-23-20-12-11-19(16(3)17(20)4)21(25)22-13-18-9-7-15(2)8-10-18/h7-12,14H,6,13H2,1-5H3,(H,22,25)/b23-14+. The number of benzene rings is 2. The lowest BCUT2D eigenvalue weighted by molar-refractivity contribution is 0.0950. The molecule has 0 aliphatic heterocycles. The maximum atomic E-state index is 12.5. The maximum Gasteiger partial charge on any atom is 0.251 e. The number of hydrogen-bond acceptors (Lipinski definition) is 2. The van der Waals surface area contributed by atoms with Crippen LogP contribution in [0.2, 0.25) is 0 Å². The molecule has 4 heteroatoms. The van der Waals surface area contributed by atoms with Gasteiger partial charge in [-0.3, -0.25) is 4.79 Å². The highest BCUT2D eigenvalue weighted by Crippen LogP contribution is 2.24. The van der Waals surface area contributed by atoms with Crippen LogP contribution in [-0.2, 0) is 6.54 Å². The maximum absolute atomic E-state index is 12.5. The van der Waals surface area contributed by atoms with Crippen molar-refractivity contribution >= 4 is 17.9 Å². The molecule has 1 N–H and O–H groups in total. The smallest absolute Gasteiger partial charge is 0.251 e. The van der Waals surface area contributed by atoms with Crippen molar-refractivity contribution in [3.05, 3.63) is 64.2 Å². The zero-order valence-corrected chi connectivity index (χ0v) is 15.8. The molecule has 2 aromatic rings. The highest BCUT2D eigenvalue weighted by atomic mass is 16.1. The molecule has 4 nitrogen and oxygen atoms in total. The van der Waals surface area contributed by atoms with Crippen molar-refractivity contribution in [1.29, 1.82) is 0 Å². The Kier molecular flexibility index (Phi) is 6.34. The predicted octanol–water partition coefficient (Wildman–Crippen LogP) is 4.15.